The number of carbonyl (C=O) groups excluding carboxylic acids is 1. The number of tetrazole rings is 1. The predicted octanol–water partition coefficient (Wildman–Crippen LogP) is 3.09. The van der Waals surface area contributed by atoms with Crippen molar-refractivity contribution < 1.29 is 4.79 Å². The third-order valence-corrected chi connectivity index (χ3v) is 4.19. The van der Waals surface area contributed by atoms with E-state index in [4.69, 9.17) is 0 Å². The molecule has 0 radical (unpaired) electrons. The zero-order valence-corrected chi connectivity index (χ0v) is 14.6. The van der Waals surface area contributed by atoms with Gasteiger partial charge in [0.25, 0.3) is 0 Å². The summed E-state index contributed by atoms with van der Waals surface area (Å²) < 4.78 is 0. The molecule has 6 nitrogen and oxygen atoms in total. The van der Waals surface area contributed by atoms with Crippen molar-refractivity contribution in [2.45, 2.75) is 33.1 Å². The first-order valence-electron chi connectivity index (χ1n) is 8.20. The number of benzene rings is 2. The maximum absolute atomic E-state index is 12.9. The first-order valence-corrected chi connectivity index (χ1v) is 8.20. The molecule has 6 heteroatoms. The molecule has 0 saturated carbocycles. The molecule has 3 rings (SSSR count). The monoisotopic (exact) mass is 335 g/mol. The number of carbonyl (C=O) groups is 1. The van der Waals surface area contributed by atoms with Crippen LogP contribution in [0.2, 0.25) is 0 Å². The molecule has 1 atom stereocenters. The number of rotatable bonds is 5. The number of anilines is 1. The Hall–Kier alpha value is -3.02. The molecule has 0 saturated heterocycles. The average molecular weight is 335 g/mol. The lowest BCUT2D eigenvalue weighted by Gasteiger charge is -2.15. The van der Waals surface area contributed by atoms with E-state index in [-0.39, 0.29) is 5.91 Å². The number of aromatic amines is 1. The molecule has 1 heterocycles. The summed E-state index contributed by atoms with van der Waals surface area (Å²) in [6.07, 6.45) is 0.510. The number of aryl methyl sites for hydroxylation is 3. The highest BCUT2D eigenvalue weighted by Gasteiger charge is 2.25. The summed E-state index contributed by atoms with van der Waals surface area (Å²) in [6.45, 7) is 6.04. The highest BCUT2D eigenvalue weighted by molar-refractivity contribution is 5.96. The van der Waals surface area contributed by atoms with Crippen LogP contribution >= 0.6 is 0 Å². The molecule has 0 spiro atoms. The fraction of sp³-hybridized carbons (Fsp3) is 0.263. The van der Waals surface area contributed by atoms with Gasteiger partial charge in [0, 0.05) is 5.69 Å². The van der Waals surface area contributed by atoms with Gasteiger partial charge in [0.1, 0.15) is 5.92 Å². The summed E-state index contributed by atoms with van der Waals surface area (Å²) in [4.78, 5) is 12.9. The normalized spacial score (nSPS) is 12.0. The lowest BCUT2D eigenvalue weighted by atomic mass is 9.96. The zero-order valence-electron chi connectivity index (χ0n) is 14.6. The Morgan fingerprint density at radius 1 is 1.08 bits per heavy atom. The fourth-order valence-electron chi connectivity index (χ4n) is 2.75. The van der Waals surface area contributed by atoms with E-state index in [9.17, 15) is 4.79 Å². The Balaban J connectivity index is 1.83. The van der Waals surface area contributed by atoms with Gasteiger partial charge in [-0.15, -0.1) is 10.2 Å². The van der Waals surface area contributed by atoms with Crippen LogP contribution in [0.1, 0.15) is 34.0 Å². The van der Waals surface area contributed by atoms with Gasteiger partial charge < -0.3 is 5.32 Å². The second kappa shape index (κ2) is 7.25. The van der Waals surface area contributed by atoms with E-state index < -0.39 is 5.92 Å². The number of H-pyrrole nitrogens is 1. The van der Waals surface area contributed by atoms with E-state index in [1.165, 1.54) is 5.56 Å². The minimum absolute atomic E-state index is 0.145. The molecule has 1 aromatic heterocycles. The summed E-state index contributed by atoms with van der Waals surface area (Å²) in [7, 11) is 0. The van der Waals surface area contributed by atoms with E-state index in [2.05, 4.69) is 25.9 Å². The molecule has 0 bridgehead atoms. The maximum atomic E-state index is 12.9. The van der Waals surface area contributed by atoms with Gasteiger partial charge in [0.05, 0.1) is 0 Å². The van der Waals surface area contributed by atoms with Gasteiger partial charge in [-0.1, -0.05) is 52.7 Å². The third kappa shape index (κ3) is 4.09. The Kier molecular flexibility index (Phi) is 4.88. The molecule has 1 amide bonds. The number of aromatic nitrogens is 4. The Labute approximate surface area is 146 Å². The summed E-state index contributed by atoms with van der Waals surface area (Å²) in [5.41, 5.74) is 5.21. The van der Waals surface area contributed by atoms with Gasteiger partial charge in [-0.25, -0.2) is 0 Å². The number of amides is 1. The summed E-state index contributed by atoms with van der Waals surface area (Å²) in [6, 6.07) is 14.0. The topological polar surface area (TPSA) is 83.6 Å². The maximum Gasteiger partial charge on any atom is 0.235 e. The van der Waals surface area contributed by atoms with Gasteiger partial charge in [-0.3, -0.25) is 4.79 Å². The van der Waals surface area contributed by atoms with E-state index in [1.807, 2.05) is 63.2 Å². The molecule has 25 heavy (non-hydrogen) atoms. The predicted molar refractivity (Wildman–Crippen MR) is 96.3 cm³/mol. The van der Waals surface area contributed by atoms with Crippen molar-refractivity contribution in [3.05, 3.63) is 70.5 Å². The van der Waals surface area contributed by atoms with Gasteiger partial charge in [-0.2, -0.15) is 5.21 Å². The van der Waals surface area contributed by atoms with Crippen LogP contribution in [0.25, 0.3) is 0 Å². The molecule has 0 fully saturated rings. The molecule has 2 N–H and O–H groups in total. The van der Waals surface area contributed by atoms with Crippen molar-refractivity contribution in [1.29, 1.82) is 0 Å². The molecule has 0 aliphatic heterocycles. The Morgan fingerprint density at radius 3 is 2.44 bits per heavy atom. The molecule has 0 aliphatic carbocycles. The number of nitrogens with zero attached hydrogens (tertiary/aromatic N) is 3. The van der Waals surface area contributed by atoms with Crippen LogP contribution in [0.3, 0.4) is 0 Å². The van der Waals surface area contributed by atoms with E-state index in [0.717, 1.165) is 22.4 Å². The van der Waals surface area contributed by atoms with Crippen LogP contribution in [0, 0.1) is 20.8 Å². The standard InChI is InChI=1S/C19H21N5O/c1-12-4-7-15(8-5-12)11-16(18-21-23-24-22-18)19(25)20-17-9-6-13(2)10-14(17)3/h4-10,16H,11H2,1-3H3,(H,20,25)(H,21,22,23,24)/t16-/m1/s1. The first-order chi connectivity index (χ1) is 12.0. The molecule has 0 unspecified atom stereocenters. The molecule has 2 aromatic carbocycles. The number of nitrogens with one attached hydrogen (secondary N) is 2. The highest BCUT2D eigenvalue weighted by atomic mass is 16.1. The van der Waals surface area contributed by atoms with Crippen molar-refractivity contribution in [3.8, 4) is 0 Å². The highest BCUT2D eigenvalue weighted by Crippen LogP contribution is 2.22. The van der Waals surface area contributed by atoms with Gasteiger partial charge in [0.15, 0.2) is 5.82 Å². The average Bonchev–Trinajstić information content (AvgIpc) is 3.11. The van der Waals surface area contributed by atoms with Crippen molar-refractivity contribution >= 4 is 11.6 Å². The van der Waals surface area contributed by atoms with Gasteiger partial charge in [0.2, 0.25) is 5.91 Å². The van der Waals surface area contributed by atoms with Crippen LogP contribution in [-0.4, -0.2) is 26.5 Å². The van der Waals surface area contributed by atoms with Crippen molar-refractivity contribution in [2.24, 2.45) is 0 Å². The van der Waals surface area contributed by atoms with Crippen LogP contribution in [0.15, 0.2) is 42.5 Å². The van der Waals surface area contributed by atoms with Crippen LogP contribution in [0.4, 0.5) is 5.69 Å². The largest absolute Gasteiger partial charge is 0.325 e. The van der Waals surface area contributed by atoms with Crippen molar-refractivity contribution in [3.63, 3.8) is 0 Å². The molecule has 3 aromatic rings. The Morgan fingerprint density at radius 2 is 1.80 bits per heavy atom. The lowest BCUT2D eigenvalue weighted by molar-refractivity contribution is -0.117. The quantitative estimate of drug-likeness (QED) is 0.750. The summed E-state index contributed by atoms with van der Waals surface area (Å²) in [5, 5.41) is 17.1. The SMILES string of the molecule is Cc1ccc(C[C@@H](C(=O)Nc2ccc(C)cc2C)c2nn[nH]n2)cc1. The minimum Gasteiger partial charge on any atom is -0.325 e. The molecule has 0 aliphatic rings. The Bertz CT molecular complexity index is 856. The van der Waals surface area contributed by atoms with Crippen LogP contribution in [-0.2, 0) is 11.2 Å². The third-order valence-electron chi connectivity index (χ3n) is 4.19. The molecule has 128 valence electrons. The van der Waals surface area contributed by atoms with E-state index in [1.54, 1.807) is 0 Å². The van der Waals surface area contributed by atoms with Crippen molar-refractivity contribution in [1.82, 2.24) is 20.6 Å². The van der Waals surface area contributed by atoms with E-state index >= 15 is 0 Å². The smallest absolute Gasteiger partial charge is 0.235 e. The van der Waals surface area contributed by atoms with Crippen LogP contribution in [0.5, 0.6) is 0 Å². The summed E-state index contributed by atoms with van der Waals surface area (Å²) in [5.74, 6) is -0.265. The second-order valence-corrected chi connectivity index (χ2v) is 6.32. The van der Waals surface area contributed by atoms with Crippen LogP contribution < -0.4 is 5.32 Å². The van der Waals surface area contributed by atoms with Gasteiger partial charge in [-0.05, 0) is 44.4 Å². The summed E-state index contributed by atoms with van der Waals surface area (Å²) >= 11 is 0. The second-order valence-electron chi connectivity index (χ2n) is 6.32. The lowest BCUT2D eigenvalue weighted by Crippen LogP contribution is -2.24. The zero-order chi connectivity index (χ0) is 17.8. The molecular formula is C19H21N5O. The minimum atomic E-state index is -0.512. The number of hydrogen-bond donors (Lipinski definition) is 2. The van der Waals surface area contributed by atoms with Crippen molar-refractivity contribution in [2.75, 3.05) is 5.32 Å². The fourth-order valence-corrected chi connectivity index (χ4v) is 2.75. The first kappa shape index (κ1) is 16.8. The number of hydrogen-bond acceptors (Lipinski definition) is 4. The molecular weight excluding hydrogens is 314 g/mol. The van der Waals surface area contributed by atoms with E-state index in [0.29, 0.717) is 12.2 Å². The van der Waals surface area contributed by atoms with Gasteiger partial charge >= 0.3 is 0 Å².